The molecular weight excluding hydrogens is 275 g/mol. The SMILES string of the molecule is O=C(O)c1c(F)c(F)cc(NCC(O)CCl)c1F. The smallest absolute Gasteiger partial charge is 0.341 e. The summed E-state index contributed by atoms with van der Waals surface area (Å²) in [5, 5.41) is 19.9. The molecule has 4 nitrogen and oxygen atoms in total. The van der Waals surface area contributed by atoms with Crippen molar-refractivity contribution in [1.82, 2.24) is 0 Å². The minimum Gasteiger partial charge on any atom is -0.477 e. The molecular formula is C10H9ClF3NO3. The molecule has 0 amide bonds. The molecule has 0 radical (unpaired) electrons. The van der Waals surface area contributed by atoms with Crippen molar-refractivity contribution in [3.05, 3.63) is 29.1 Å². The molecule has 1 unspecified atom stereocenters. The minimum atomic E-state index is -1.93. The molecule has 3 N–H and O–H groups in total. The second-order valence-electron chi connectivity index (χ2n) is 3.40. The highest BCUT2D eigenvalue weighted by Crippen LogP contribution is 2.24. The van der Waals surface area contributed by atoms with Gasteiger partial charge < -0.3 is 15.5 Å². The third kappa shape index (κ3) is 3.05. The van der Waals surface area contributed by atoms with Gasteiger partial charge in [-0.05, 0) is 0 Å². The summed E-state index contributed by atoms with van der Waals surface area (Å²) in [5.41, 5.74) is -1.95. The number of carboxylic acid groups (broad SMARTS) is 1. The number of hydrogen-bond acceptors (Lipinski definition) is 3. The highest BCUT2D eigenvalue weighted by atomic mass is 35.5. The van der Waals surface area contributed by atoms with Crippen LogP contribution in [0.5, 0.6) is 0 Å². The van der Waals surface area contributed by atoms with Gasteiger partial charge in [0.05, 0.1) is 17.7 Å². The Labute approximate surface area is 105 Å². The van der Waals surface area contributed by atoms with Crippen molar-refractivity contribution in [3.8, 4) is 0 Å². The highest BCUT2D eigenvalue weighted by Gasteiger charge is 2.24. The van der Waals surface area contributed by atoms with Gasteiger partial charge in [-0.15, -0.1) is 11.6 Å². The van der Waals surface area contributed by atoms with Crippen molar-refractivity contribution >= 4 is 23.3 Å². The van der Waals surface area contributed by atoms with Crippen LogP contribution < -0.4 is 5.32 Å². The fourth-order valence-corrected chi connectivity index (χ4v) is 1.31. The van der Waals surface area contributed by atoms with Gasteiger partial charge >= 0.3 is 5.97 Å². The van der Waals surface area contributed by atoms with Gasteiger partial charge in [-0.1, -0.05) is 0 Å². The Kier molecular flexibility index (Phi) is 4.80. The van der Waals surface area contributed by atoms with Gasteiger partial charge in [-0.2, -0.15) is 0 Å². The molecule has 0 aromatic heterocycles. The standard InChI is InChI=1S/C10H9ClF3NO3/c11-2-4(16)3-15-6-1-5(12)8(13)7(9(6)14)10(17)18/h1,4,15-16H,2-3H2,(H,17,18). The first-order chi connectivity index (χ1) is 8.38. The number of benzene rings is 1. The van der Waals surface area contributed by atoms with Gasteiger partial charge in [0.2, 0.25) is 0 Å². The molecule has 0 aliphatic heterocycles. The van der Waals surface area contributed by atoms with E-state index in [-0.39, 0.29) is 12.4 Å². The van der Waals surface area contributed by atoms with Crippen molar-refractivity contribution in [2.45, 2.75) is 6.10 Å². The summed E-state index contributed by atoms with van der Waals surface area (Å²) < 4.78 is 39.7. The topological polar surface area (TPSA) is 69.6 Å². The van der Waals surface area contributed by atoms with Gasteiger partial charge in [-0.3, -0.25) is 0 Å². The zero-order chi connectivity index (χ0) is 13.9. The first-order valence-electron chi connectivity index (χ1n) is 4.77. The van der Waals surface area contributed by atoms with Crippen LogP contribution in [-0.2, 0) is 0 Å². The summed E-state index contributed by atoms with van der Waals surface area (Å²) in [7, 11) is 0. The molecule has 0 fully saturated rings. The monoisotopic (exact) mass is 283 g/mol. The van der Waals surface area contributed by atoms with Gasteiger partial charge in [0.1, 0.15) is 5.56 Å². The van der Waals surface area contributed by atoms with E-state index in [2.05, 4.69) is 5.32 Å². The van der Waals surface area contributed by atoms with Crippen LogP contribution in [0.25, 0.3) is 0 Å². The quantitative estimate of drug-likeness (QED) is 0.569. The molecule has 0 bridgehead atoms. The second kappa shape index (κ2) is 5.92. The molecule has 18 heavy (non-hydrogen) atoms. The van der Waals surface area contributed by atoms with Crippen LogP contribution >= 0.6 is 11.6 Å². The second-order valence-corrected chi connectivity index (χ2v) is 3.71. The Balaban J connectivity index is 3.10. The van der Waals surface area contributed by atoms with Gasteiger partial charge in [0, 0.05) is 12.6 Å². The summed E-state index contributed by atoms with van der Waals surface area (Å²) in [6.07, 6.45) is -1.03. The number of alkyl halides is 1. The lowest BCUT2D eigenvalue weighted by atomic mass is 10.1. The molecule has 1 rings (SSSR count). The number of anilines is 1. The maximum Gasteiger partial charge on any atom is 0.341 e. The Morgan fingerprint density at radius 1 is 1.39 bits per heavy atom. The molecule has 1 atom stereocenters. The summed E-state index contributed by atoms with van der Waals surface area (Å²) in [5.74, 6) is -6.79. The summed E-state index contributed by atoms with van der Waals surface area (Å²) in [6.45, 7) is -0.232. The van der Waals surface area contributed by atoms with E-state index in [0.29, 0.717) is 6.07 Å². The molecule has 0 aliphatic carbocycles. The number of aromatic carboxylic acids is 1. The zero-order valence-electron chi connectivity index (χ0n) is 8.88. The number of carbonyl (C=O) groups is 1. The number of rotatable bonds is 5. The Bertz CT molecular complexity index is 470. The van der Waals surface area contributed by atoms with Gasteiger partial charge in [-0.25, -0.2) is 18.0 Å². The van der Waals surface area contributed by atoms with Crippen molar-refractivity contribution < 1.29 is 28.2 Å². The molecule has 0 aliphatic rings. The van der Waals surface area contributed by atoms with Gasteiger partial charge in [0.15, 0.2) is 17.5 Å². The number of nitrogens with one attached hydrogen (secondary N) is 1. The maximum atomic E-state index is 13.6. The van der Waals surface area contributed by atoms with E-state index in [4.69, 9.17) is 21.8 Å². The number of carboxylic acids is 1. The maximum absolute atomic E-state index is 13.6. The third-order valence-electron chi connectivity index (χ3n) is 2.08. The van der Waals surface area contributed by atoms with E-state index in [9.17, 15) is 18.0 Å². The largest absolute Gasteiger partial charge is 0.477 e. The van der Waals surface area contributed by atoms with Crippen LogP contribution in [0.15, 0.2) is 6.07 Å². The molecule has 100 valence electrons. The van der Waals surface area contributed by atoms with E-state index < -0.39 is 40.8 Å². The molecule has 1 aromatic rings. The normalized spacial score (nSPS) is 12.3. The van der Waals surface area contributed by atoms with E-state index >= 15 is 0 Å². The van der Waals surface area contributed by atoms with Crippen molar-refractivity contribution in [2.75, 3.05) is 17.7 Å². The average Bonchev–Trinajstić information content (AvgIpc) is 2.31. The lowest BCUT2D eigenvalue weighted by molar-refractivity contribution is 0.0685. The van der Waals surface area contributed by atoms with Crippen molar-refractivity contribution in [3.63, 3.8) is 0 Å². The number of halogens is 4. The van der Waals surface area contributed by atoms with Crippen LogP contribution in [0, 0.1) is 17.5 Å². The van der Waals surface area contributed by atoms with E-state index in [1.807, 2.05) is 0 Å². The van der Waals surface area contributed by atoms with Crippen molar-refractivity contribution in [2.24, 2.45) is 0 Å². The van der Waals surface area contributed by atoms with E-state index in [1.54, 1.807) is 0 Å². The number of hydrogen-bond donors (Lipinski definition) is 3. The summed E-state index contributed by atoms with van der Waals surface area (Å²) >= 11 is 5.28. The lowest BCUT2D eigenvalue weighted by Gasteiger charge is -2.12. The van der Waals surface area contributed by atoms with Crippen LogP contribution in [0.1, 0.15) is 10.4 Å². The minimum absolute atomic E-state index is 0.149. The zero-order valence-corrected chi connectivity index (χ0v) is 9.64. The molecule has 8 heteroatoms. The van der Waals surface area contributed by atoms with Crippen LogP contribution in [0.4, 0.5) is 18.9 Å². The Morgan fingerprint density at radius 3 is 2.50 bits per heavy atom. The Morgan fingerprint density at radius 2 is 2.00 bits per heavy atom. The lowest BCUT2D eigenvalue weighted by Crippen LogP contribution is -2.22. The van der Waals surface area contributed by atoms with Gasteiger partial charge in [0.25, 0.3) is 0 Å². The number of aliphatic hydroxyl groups excluding tert-OH is 1. The van der Waals surface area contributed by atoms with Crippen LogP contribution in [0.2, 0.25) is 0 Å². The predicted molar refractivity (Wildman–Crippen MR) is 58.5 cm³/mol. The average molecular weight is 284 g/mol. The third-order valence-corrected chi connectivity index (χ3v) is 2.43. The molecule has 0 heterocycles. The first kappa shape index (κ1) is 14.6. The first-order valence-corrected chi connectivity index (χ1v) is 5.30. The van der Waals surface area contributed by atoms with Crippen LogP contribution in [-0.4, -0.2) is 34.7 Å². The highest BCUT2D eigenvalue weighted by molar-refractivity contribution is 6.18. The predicted octanol–water partition coefficient (Wildman–Crippen LogP) is 1.81. The molecule has 0 spiro atoms. The van der Waals surface area contributed by atoms with Crippen LogP contribution in [0.3, 0.4) is 0 Å². The van der Waals surface area contributed by atoms with E-state index in [1.165, 1.54) is 0 Å². The van der Waals surface area contributed by atoms with Crippen molar-refractivity contribution in [1.29, 1.82) is 0 Å². The summed E-state index contributed by atoms with van der Waals surface area (Å²) in [6, 6.07) is 0.470. The molecule has 0 saturated heterocycles. The van der Waals surface area contributed by atoms with E-state index in [0.717, 1.165) is 0 Å². The summed E-state index contributed by atoms with van der Waals surface area (Å²) in [4.78, 5) is 10.6. The molecule has 1 aromatic carbocycles. The fourth-order valence-electron chi connectivity index (χ4n) is 1.20. The Hall–Kier alpha value is -1.47. The number of aliphatic hydroxyl groups is 1. The molecule has 0 saturated carbocycles. The fraction of sp³-hybridized carbons (Fsp3) is 0.300.